The van der Waals surface area contributed by atoms with Crippen molar-refractivity contribution in [2.24, 2.45) is 0 Å². The summed E-state index contributed by atoms with van der Waals surface area (Å²) >= 11 is 1.45. The Hall–Kier alpha value is -1.05. The molecular formula is C12H16N2O4S. The Kier molecular flexibility index (Phi) is 3.07. The second kappa shape index (κ2) is 4.50. The third-order valence-electron chi connectivity index (χ3n) is 4.11. The van der Waals surface area contributed by atoms with Crippen LogP contribution in [0.5, 0.6) is 0 Å². The lowest BCUT2D eigenvalue weighted by Gasteiger charge is -2.30. The molecule has 3 rings (SSSR count). The molecule has 0 aromatic carbocycles. The van der Waals surface area contributed by atoms with Crippen LogP contribution in [0.3, 0.4) is 0 Å². The summed E-state index contributed by atoms with van der Waals surface area (Å²) in [4.78, 5) is 25.0. The molecule has 7 heteroatoms. The number of hydrogen-bond acceptors (Lipinski definition) is 5. The highest BCUT2D eigenvalue weighted by atomic mass is 32.2. The van der Waals surface area contributed by atoms with Crippen molar-refractivity contribution in [2.75, 3.05) is 0 Å². The van der Waals surface area contributed by atoms with E-state index in [2.05, 4.69) is 4.98 Å². The number of nitrogens with zero attached hydrogens (tertiary/aromatic N) is 1. The van der Waals surface area contributed by atoms with Gasteiger partial charge < -0.3 is 10.2 Å². The van der Waals surface area contributed by atoms with E-state index in [-0.39, 0.29) is 5.37 Å². The molecule has 2 aliphatic rings. The van der Waals surface area contributed by atoms with E-state index in [1.165, 1.54) is 28.6 Å². The van der Waals surface area contributed by atoms with Gasteiger partial charge in [-0.1, -0.05) is 0 Å². The van der Waals surface area contributed by atoms with Crippen molar-refractivity contribution in [3.05, 3.63) is 33.1 Å². The number of nitrogens with one attached hydrogen (secondary N) is 1. The summed E-state index contributed by atoms with van der Waals surface area (Å²) in [5, 5.41) is 20.1. The van der Waals surface area contributed by atoms with Crippen LogP contribution in [0.25, 0.3) is 0 Å². The van der Waals surface area contributed by atoms with Gasteiger partial charge in [0.15, 0.2) is 0 Å². The van der Waals surface area contributed by atoms with Crippen LogP contribution in [-0.4, -0.2) is 36.7 Å². The van der Waals surface area contributed by atoms with Gasteiger partial charge in [0, 0.05) is 18.7 Å². The van der Waals surface area contributed by atoms with E-state index in [1.54, 1.807) is 0 Å². The number of aromatic amines is 1. The molecule has 104 valence electrons. The highest BCUT2D eigenvalue weighted by Gasteiger charge is 2.54. The largest absolute Gasteiger partial charge is 0.392 e. The third-order valence-corrected chi connectivity index (χ3v) is 5.99. The fraction of sp³-hybridized carbons (Fsp3) is 0.667. The summed E-state index contributed by atoms with van der Waals surface area (Å²) in [7, 11) is 0. The molecule has 3 N–H and O–H groups in total. The molecular weight excluding hydrogens is 268 g/mol. The van der Waals surface area contributed by atoms with Gasteiger partial charge in [-0.15, -0.1) is 11.8 Å². The second-order valence-corrected chi connectivity index (χ2v) is 6.74. The average molecular weight is 284 g/mol. The van der Waals surface area contributed by atoms with E-state index >= 15 is 0 Å². The van der Waals surface area contributed by atoms with Crippen molar-refractivity contribution in [3.63, 3.8) is 0 Å². The molecule has 1 saturated heterocycles. The number of aliphatic hydroxyl groups is 2. The summed E-state index contributed by atoms with van der Waals surface area (Å²) < 4.78 is 0.870. The third kappa shape index (κ3) is 1.96. The Morgan fingerprint density at radius 3 is 2.79 bits per heavy atom. The minimum absolute atomic E-state index is 0.243. The molecule has 1 spiro atoms. The van der Waals surface area contributed by atoms with Gasteiger partial charge in [0.25, 0.3) is 5.56 Å². The van der Waals surface area contributed by atoms with E-state index in [0.717, 1.165) is 12.8 Å². The Bertz CT molecular complexity index is 598. The van der Waals surface area contributed by atoms with Gasteiger partial charge in [-0.25, -0.2) is 4.79 Å². The molecule has 1 aliphatic heterocycles. The van der Waals surface area contributed by atoms with Gasteiger partial charge in [0.2, 0.25) is 0 Å². The van der Waals surface area contributed by atoms with E-state index < -0.39 is 28.2 Å². The molecule has 0 radical (unpaired) electrons. The lowest BCUT2D eigenvalue weighted by Crippen LogP contribution is -2.41. The molecule has 2 fully saturated rings. The monoisotopic (exact) mass is 284 g/mol. The van der Waals surface area contributed by atoms with Crippen molar-refractivity contribution < 1.29 is 10.2 Å². The topological polar surface area (TPSA) is 95.3 Å². The first-order chi connectivity index (χ1) is 9.03. The Balaban J connectivity index is 1.93. The van der Waals surface area contributed by atoms with Crippen molar-refractivity contribution in [2.45, 2.75) is 48.0 Å². The Morgan fingerprint density at radius 2 is 2.16 bits per heavy atom. The van der Waals surface area contributed by atoms with Gasteiger partial charge in [-0.3, -0.25) is 14.3 Å². The molecule has 2 heterocycles. The molecule has 6 nitrogen and oxygen atoms in total. The van der Waals surface area contributed by atoms with Gasteiger partial charge in [-0.05, 0) is 19.3 Å². The minimum Gasteiger partial charge on any atom is -0.392 e. The van der Waals surface area contributed by atoms with E-state index in [1.807, 2.05) is 0 Å². The van der Waals surface area contributed by atoms with Crippen molar-refractivity contribution in [1.82, 2.24) is 9.55 Å². The van der Waals surface area contributed by atoms with Gasteiger partial charge in [-0.2, -0.15) is 0 Å². The lowest BCUT2D eigenvalue weighted by atomic mass is 9.95. The van der Waals surface area contributed by atoms with Crippen LogP contribution in [0, 0.1) is 0 Å². The van der Waals surface area contributed by atoms with E-state index in [9.17, 15) is 19.8 Å². The normalized spacial score (nSPS) is 38.1. The predicted molar refractivity (Wildman–Crippen MR) is 71.2 cm³/mol. The molecule has 0 bridgehead atoms. The molecule has 1 saturated carbocycles. The van der Waals surface area contributed by atoms with Crippen LogP contribution < -0.4 is 11.2 Å². The highest BCUT2D eigenvalue weighted by molar-refractivity contribution is 8.01. The minimum atomic E-state index is -0.626. The molecule has 1 aromatic heterocycles. The quantitative estimate of drug-likeness (QED) is 0.665. The zero-order chi connectivity index (χ0) is 13.6. The maximum Gasteiger partial charge on any atom is 0.329 e. The van der Waals surface area contributed by atoms with Crippen LogP contribution in [0.1, 0.15) is 31.1 Å². The summed E-state index contributed by atoms with van der Waals surface area (Å²) in [6, 6.07) is 1.30. The maximum atomic E-state index is 11.8. The number of rotatable bonds is 1. The molecule has 0 amide bonds. The first kappa shape index (κ1) is 13.0. The standard InChI is InChI=1S/C12H16N2O4S/c15-7-2-1-4-12(7)8(16)6-10(19-12)14-5-3-9(17)13-11(14)18/h3,5,7-8,10,15-16H,1-2,4,6H2,(H,13,17,18)/t7-,8+,10-,12+/m1/s1. The number of aliphatic hydroxyl groups excluding tert-OH is 2. The predicted octanol–water partition coefficient (Wildman–Crippen LogP) is -0.183. The van der Waals surface area contributed by atoms with Crippen LogP contribution in [-0.2, 0) is 0 Å². The number of aromatic nitrogens is 2. The summed E-state index contributed by atoms with van der Waals surface area (Å²) in [5.74, 6) is 0. The number of thioether (sulfide) groups is 1. The van der Waals surface area contributed by atoms with Crippen LogP contribution >= 0.6 is 11.8 Å². The van der Waals surface area contributed by atoms with E-state index in [4.69, 9.17) is 0 Å². The van der Waals surface area contributed by atoms with Crippen molar-refractivity contribution in [3.8, 4) is 0 Å². The smallest absolute Gasteiger partial charge is 0.329 e. The first-order valence-corrected chi connectivity index (χ1v) is 7.26. The lowest BCUT2D eigenvalue weighted by molar-refractivity contribution is 0.0558. The molecule has 19 heavy (non-hydrogen) atoms. The summed E-state index contributed by atoms with van der Waals surface area (Å²) in [6.07, 6.45) is 3.04. The summed E-state index contributed by atoms with van der Waals surface area (Å²) in [6.45, 7) is 0. The molecule has 1 aromatic rings. The zero-order valence-electron chi connectivity index (χ0n) is 10.3. The maximum absolute atomic E-state index is 11.8. The SMILES string of the molecule is O=c1ccn([C@H]2C[C@H](O)[C@@]3(CCC[C@H]3O)S2)c(=O)[nH]1. The zero-order valence-corrected chi connectivity index (χ0v) is 11.1. The average Bonchev–Trinajstić information content (AvgIpc) is 2.86. The van der Waals surface area contributed by atoms with Crippen LogP contribution in [0.15, 0.2) is 21.9 Å². The van der Waals surface area contributed by atoms with Gasteiger partial charge in [0.05, 0.1) is 22.3 Å². The second-order valence-electron chi connectivity index (χ2n) is 5.20. The highest BCUT2D eigenvalue weighted by Crippen LogP contribution is 2.56. The van der Waals surface area contributed by atoms with Crippen LogP contribution in [0.4, 0.5) is 0 Å². The van der Waals surface area contributed by atoms with E-state index in [0.29, 0.717) is 12.8 Å². The summed E-state index contributed by atoms with van der Waals surface area (Å²) in [5.41, 5.74) is -0.901. The van der Waals surface area contributed by atoms with Gasteiger partial charge in [0.1, 0.15) is 0 Å². The molecule has 0 unspecified atom stereocenters. The fourth-order valence-corrected chi connectivity index (χ4v) is 4.96. The van der Waals surface area contributed by atoms with Gasteiger partial charge >= 0.3 is 5.69 Å². The molecule has 4 atom stereocenters. The Labute approximate surface area is 113 Å². The van der Waals surface area contributed by atoms with Crippen LogP contribution in [0.2, 0.25) is 0 Å². The molecule has 1 aliphatic carbocycles. The first-order valence-electron chi connectivity index (χ1n) is 6.38. The Morgan fingerprint density at radius 1 is 1.37 bits per heavy atom. The van der Waals surface area contributed by atoms with Crippen molar-refractivity contribution >= 4 is 11.8 Å². The van der Waals surface area contributed by atoms with Crippen molar-refractivity contribution in [1.29, 1.82) is 0 Å². The fourth-order valence-electron chi connectivity index (χ4n) is 3.10. The number of H-pyrrole nitrogens is 1. The number of hydrogen-bond donors (Lipinski definition) is 3.